The molecule has 158 valence electrons. The first-order chi connectivity index (χ1) is 14.2. The van der Waals surface area contributed by atoms with Crippen LogP contribution in [0, 0.1) is 5.92 Å². The lowest BCUT2D eigenvalue weighted by Crippen LogP contribution is -2.34. The van der Waals surface area contributed by atoms with E-state index in [2.05, 4.69) is 9.97 Å². The van der Waals surface area contributed by atoms with Crippen LogP contribution in [0.15, 0.2) is 46.0 Å². The molecule has 7 heteroatoms. The summed E-state index contributed by atoms with van der Waals surface area (Å²) in [5, 5.41) is 0.157. The Hall–Kier alpha value is -3.22. The zero-order valence-corrected chi connectivity index (χ0v) is 18.1. The summed E-state index contributed by atoms with van der Waals surface area (Å²) in [7, 11) is 1.70. The van der Waals surface area contributed by atoms with Gasteiger partial charge in [-0.15, -0.1) is 0 Å². The lowest BCUT2D eigenvalue weighted by molar-refractivity contribution is 0.0786. The molecule has 0 unspecified atom stereocenters. The fourth-order valence-electron chi connectivity index (χ4n) is 3.43. The number of aromatic nitrogens is 3. The molecular formula is C23H28N4O3. The van der Waals surface area contributed by atoms with Crippen molar-refractivity contribution < 1.29 is 4.79 Å². The molecule has 3 aromatic rings. The van der Waals surface area contributed by atoms with Crippen molar-refractivity contribution >= 4 is 16.9 Å². The quantitative estimate of drug-likeness (QED) is 0.679. The number of hydrogen-bond acceptors (Lipinski definition) is 4. The van der Waals surface area contributed by atoms with Crippen molar-refractivity contribution in [1.29, 1.82) is 0 Å². The predicted molar refractivity (Wildman–Crippen MR) is 118 cm³/mol. The second-order valence-corrected chi connectivity index (χ2v) is 8.36. The molecule has 1 amide bonds. The third-order valence-corrected chi connectivity index (χ3v) is 4.95. The average molecular weight is 409 g/mol. The van der Waals surface area contributed by atoms with E-state index < -0.39 is 11.2 Å². The highest BCUT2D eigenvalue weighted by Crippen LogP contribution is 2.21. The first kappa shape index (κ1) is 21.5. The Kier molecular flexibility index (Phi) is 6.20. The van der Waals surface area contributed by atoms with Crippen molar-refractivity contribution in [2.24, 2.45) is 5.92 Å². The van der Waals surface area contributed by atoms with E-state index in [1.54, 1.807) is 18.0 Å². The second kappa shape index (κ2) is 8.65. The Bertz CT molecular complexity index is 1180. The van der Waals surface area contributed by atoms with Crippen molar-refractivity contribution in [3.8, 4) is 0 Å². The molecule has 0 spiro atoms. The summed E-state index contributed by atoms with van der Waals surface area (Å²) in [5.74, 6) is -0.0862. The fourth-order valence-corrected chi connectivity index (χ4v) is 3.43. The molecule has 0 fully saturated rings. The smallest absolute Gasteiger partial charge is 0.330 e. The summed E-state index contributed by atoms with van der Waals surface area (Å²) >= 11 is 0. The number of pyridine rings is 1. The maximum atomic E-state index is 13.4. The molecular weight excluding hydrogens is 380 g/mol. The van der Waals surface area contributed by atoms with Gasteiger partial charge < -0.3 is 4.90 Å². The van der Waals surface area contributed by atoms with Gasteiger partial charge in [0.15, 0.2) is 5.65 Å². The summed E-state index contributed by atoms with van der Waals surface area (Å²) in [6.07, 6.45) is 0. The van der Waals surface area contributed by atoms with Gasteiger partial charge >= 0.3 is 5.69 Å². The van der Waals surface area contributed by atoms with E-state index in [4.69, 9.17) is 0 Å². The van der Waals surface area contributed by atoms with Gasteiger partial charge in [-0.2, -0.15) is 0 Å². The Morgan fingerprint density at radius 3 is 2.40 bits per heavy atom. The van der Waals surface area contributed by atoms with Gasteiger partial charge in [0, 0.05) is 25.8 Å². The van der Waals surface area contributed by atoms with Crippen molar-refractivity contribution in [2.75, 3.05) is 7.05 Å². The molecule has 7 nitrogen and oxygen atoms in total. The molecule has 1 aromatic carbocycles. The number of aromatic amines is 1. The van der Waals surface area contributed by atoms with Crippen molar-refractivity contribution in [1.82, 2.24) is 19.4 Å². The molecule has 0 radical (unpaired) electrons. The molecule has 0 atom stereocenters. The Labute approximate surface area is 175 Å². The highest BCUT2D eigenvalue weighted by molar-refractivity contribution is 6.05. The predicted octanol–water partition coefficient (Wildman–Crippen LogP) is 3.14. The van der Waals surface area contributed by atoms with Gasteiger partial charge in [-0.1, -0.05) is 58.0 Å². The molecule has 0 saturated heterocycles. The molecule has 2 aromatic heterocycles. The lowest BCUT2D eigenvalue weighted by Gasteiger charge is -2.20. The number of amides is 1. The minimum atomic E-state index is -0.589. The lowest BCUT2D eigenvalue weighted by atomic mass is 10.0. The van der Waals surface area contributed by atoms with Crippen LogP contribution in [-0.2, 0) is 13.1 Å². The highest BCUT2D eigenvalue weighted by Gasteiger charge is 2.23. The monoisotopic (exact) mass is 408 g/mol. The molecule has 2 heterocycles. The van der Waals surface area contributed by atoms with E-state index in [0.29, 0.717) is 18.8 Å². The first-order valence-electron chi connectivity index (χ1n) is 10.2. The van der Waals surface area contributed by atoms with Crippen LogP contribution >= 0.6 is 0 Å². The van der Waals surface area contributed by atoms with Crippen LogP contribution in [0.3, 0.4) is 0 Å². The van der Waals surface area contributed by atoms with Crippen LogP contribution in [-0.4, -0.2) is 32.4 Å². The van der Waals surface area contributed by atoms with Gasteiger partial charge in [0.1, 0.15) is 0 Å². The van der Waals surface area contributed by atoms with Crippen LogP contribution in [0.4, 0.5) is 0 Å². The molecule has 0 aliphatic carbocycles. The molecule has 0 bridgehead atoms. The summed E-state index contributed by atoms with van der Waals surface area (Å²) in [6, 6.07) is 11.3. The molecule has 30 heavy (non-hydrogen) atoms. The number of hydrogen-bond donors (Lipinski definition) is 1. The second-order valence-electron chi connectivity index (χ2n) is 8.36. The first-order valence-corrected chi connectivity index (χ1v) is 10.2. The van der Waals surface area contributed by atoms with E-state index in [0.717, 1.165) is 5.56 Å². The van der Waals surface area contributed by atoms with Crippen molar-refractivity contribution in [3.63, 3.8) is 0 Å². The zero-order valence-electron chi connectivity index (χ0n) is 18.1. The van der Waals surface area contributed by atoms with E-state index >= 15 is 0 Å². The summed E-state index contributed by atoms with van der Waals surface area (Å²) in [6.45, 7) is 8.70. The number of carbonyl (C=O) groups is 1. The van der Waals surface area contributed by atoms with Crippen molar-refractivity contribution in [2.45, 2.75) is 46.7 Å². The maximum Gasteiger partial charge on any atom is 0.330 e. The summed E-state index contributed by atoms with van der Waals surface area (Å²) in [5.41, 5.74) is 1.09. The summed E-state index contributed by atoms with van der Waals surface area (Å²) in [4.78, 5) is 47.2. The fraction of sp³-hybridized carbons (Fsp3) is 0.391. The number of H-pyrrole nitrogens is 1. The van der Waals surface area contributed by atoms with E-state index in [9.17, 15) is 14.4 Å². The standard InChI is InChI=1S/C23H28N4O3/c1-14(2)12-27-20-19(21(28)25-23(27)30)17(11-18(24-20)15(3)4)22(29)26(5)13-16-9-7-6-8-10-16/h6-11,14-15H,12-13H2,1-5H3,(H,25,28,30). The molecule has 0 aliphatic heterocycles. The highest BCUT2D eigenvalue weighted by atomic mass is 16.2. The SMILES string of the molecule is CC(C)Cn1c(=O)[nH]c(=O)c2c(C(=O)N(C)Cc3ccccc3)cc(C(C)C)nc21. The van der Waals surface area contributed by atoms with Gasteiger partial charge in [0.2, 0.25) is 0 Å². The van der Waals surface area contributed by atoms with Gasteiger partial charge in [-0.05, 0) is 23.5 Å². The number of carbonyl (C=O) groups excluding carboxylic acids is 1. The van der Waals surface area contributed by atoms with Crippen LogP contribution in [0.25, 0.3) is 11.0 Å². The Balaban J connectivity index is 2.21. The third-order valence-electron chi connectivity index (χ3n) is 4.95. The van der Waals surface area contributed by atoms with Crippen LogP contribution < -0.4 is 11.2 Å². The van der Waals surface area contributed by atoms with Gasteiger partial charge in [-0.25, -0.2) is 9.78 Å². The molecule has 3 rings (SSSR count). The van der Waals surface area contributed by atoms with Gasteiger partial charge in [0.05, 0.1) is 10.9 Å². The van der Waals surface area contributed by atoms with E-state index in [-0.39, 0.29) is 34.3 Å². The molecule has 0 saturated carbocycles. The van der Waals surface area contributed by atoms with E-state index in [1.165, 1.54) is 4.57 Å². The molecule has 1 N–H and O–H groups in total. The Morgan fingerprint density at radius 1 is 1.13 bits per heavy atom. The summed E-state index contributed by atoms with van der Waals surface area (Å²) < 4.78 is 1.46. The largest absolute Gasteiger partial charge is 0.337 e. The number of benzene rings is 1. The number of nitrogens with zero attached hydrogens (tertiary/aromatic N) is 3. The maximum absolute atomic E-state index is 13.4. The number of fused-ring (bicyclic) bond motifs is 1. The minimum absolute atomic E-state index is 0.0299. The van der Waals surface area contributed by atoms with Gasteiger partial charge in [0.25, 0.3) is 11.5 Å². The number of rotatable bonds is 6. The number of nitrogens with one attached hydrogen (secondary N) is 1. The third kappa shape index (κ3) is 4.35. The Morgan fingerprint density at radius 2 is 1.80 bits per heavy atom. The average Bonchev–Trinajstić information content (AvgIpc) is 2.70. The van der Waals surface area contributed by atoms with Gasteiger partial charge in [-0.3, -0.25) is 19.1 Å². The topological polar surface area (TPSA) is 88.1 Å². The van der Waals surface area contributed by atoms with E-state index in [1.807, 2.05) is 58.0 Å². The minimum Gasteiger partial charge on any atom is -0.337 e. The zero-order chi connectivity index (χ0) is 22.0. The normalized spacial score (nSPS) is 11.4. The van der Waals surface area contributed by atoms with Crippen molar-refractivity contribution in [3.05, 3.63) is 74.1 Å². The van der Waals surface area contributed by atoms with Crippen LogP contribution in [0.5, 0.6) is 0 Å². The van der Waals surface area contributed by atoms with Crippen LogP contribution in [0.2, 0.25) is 0 Å². The van der Waals surface area contributed by atoms with Crippen LogP contribution in [0.1, 0.15) is 55.2 Å². The molecule has 0 aliphatic rings.